The largest absolute Gasteiger partial charge is 0.456 e. The van der Waals surface area contributed by atoms with Gasteiger partial charge in [0.05, 0.1) is 57.8 Å². The Balaban J connectivity index is 1.53. The van der Waals surface area contributed by atoms with E-state index in [2.05, 4.69) is 21.0 Å². The van der Waals surface area contributed by atoms with Crippen LogP contribution in [-0.2, 0) is 54.1 Å². The number of esters is 2. The molecule has 3 heterocycles. The van der Waals surface area contributed by atoms with Gasteiger partial charge in [0.15, 0.2) is 29.2 Å². The molecule has 0 N–H and O–H groups in total. The summed E-state index contributed by atoms with van der Waals surface area (Å²) < 4.78 is 41.0. The third-order valence-electron chi connectivity index (χ3n) is 7.41. The lowest BCUT2D eigenvalue weighted by molar-refractivity contribution is -0.165. The minimum atomic E-state index is -1.12. The van der Waals surface area contributed by atoms with Crippen LogP contribution in [0, 0.1) is 12.3 Å². The van der Waals surface area contributed by atoms with Gasteiger partial charge in [-0.2, -0.15) is 15.1 Å². The quantitative estimate of drug-likeness (QED) is 0.0662. The molecule has 0 bridgehead atoms. The van der Waals surface area contributed by atoms with E-state index < -0.39 is 36.5 Å². The van der Waals surface area contributed by atoms with Gasteiger partial charge in [0.1, 0.15) is 18.5 Å². The Morgan fingerprint density at radius 2 is 1.56 bits per heavy atom. The Kier molecular flexibility index (Phi) is 16.8. The first-order chi connectivity index (χ1) is 25.1. The van der Waals surface area contributed by atoms with Crippen LogP contribution < -0.4 is 4.90 Å². The Morgan fingerprint density at radius 1 is 0.923 bits per heavy atom. The molecular formula is C34H41Cl2N5O10S. The van der Waals surface area contributed by atoms with Gasteiger partial charge in [0.25, 0.3) is 0 Å². The molecule has 0 radical (unpaired) electrons. The van der Waals surface area contributed by atoms with Gasteiger partial charge in [-0.1, -0.05) is 47.5 Å². The topological polar surface area (TPSA) is 163 Å². The lowest BCUT2D eigenvalue weighted by atomic mass is 10.1. The van der Waals surface area contributed by atoms with Gasteiger partial charge in [0, 0.05) is 44.6 Å². The summed E-state index contributed by atoms with van der Waals surface area (Å²) in [6.07, 6.45) is 2.64. The highest BCUT2D eigenvalue weighted by Crippen LogP contribution is 2.38. The third-order valence-corrected chi connectivity index (χ3v) is 8.85. The molecule has 1 saturated heterocycles. The fourth-order valence-electron chi connectivity index (χ4n) is 5.26. The van der Waals surface area contributed by atoms with E-state index in [0.717, 1.165) is 17.3 Å². The molecule has 4 atom stereocenters. The smallest absolute Gasteiger partial charge is 0.303 e. The van der Waals surface area contributed by atoms with E-state index in [1.807, 2.05) is 23.1 Å². The monoisotopic (exact) mass is 781 g/mol. The zero-order valence-corrected chi connectivity index (χ0v) is 31.4. The minimum Gasteiger partial charge on any atom is -0.456 e. The van der Waals surface area contributed by atoms with E-state index >= 15 is 0 Å². The molecule has 0 amide bonds. The fraction of sp³-hybridized carbons (Fsp3) is 0.529. The standard InChI is InChI=1S/C34H41Cl2N5O10S/c1-5-11-45-13-15-47-17-18-48-16-14-46-12-10-40(20-25-8-6-7-9-27(25)35)31-26-19-37-41(32(26)39-34(36)38-31)33-30(50-23(3)43)29(49-22(2)42)28(51-33)21-52-24(4)44/h1,6-9,19,28-30,33H,10-18,20-21H2,2-4H3/t28-,29-,30-,33-/m1/s1. The summed E-state index contributed by atoms with van der Waals surface area (Å²) in [4.78, 5) is 47.1. The molecule has 1 fully saturated rings. The lowest BCUT2D eigenvalue weighted by Gasteiger charge is -2.25. The normalized spacial score (nSPS) is 18.3. The highest BCUT2D eigenvalue weighted by molar-refractivity contribution is 8.13. The second-order valence-corrected chi connectivity index (χ2v) is 13.2. The van der Waals surface area contributed by atoms with Gasteiger partial charge >= 0.3 is 11.9 Å². The molecule has 18 heteroatoms. The van der Waals surface area contributed by atoms with Crippen LogP contribution in [0.15, 0.2) is 30.5 Å². The summed E-state index contributed by atoms with van der Waals surface area (Å²) in [5, 5.41) is 5.37. The first-order valence-corrected chi connectivity index (χ1v) is 18.1. The zero-order chi connectivity index (χ0) is 37.5. The Hall–Kier alpha value is -3.53. The van der Waals surface area contributed by atoms with E-state index in [1.165, 1.54) is 25.5 Å². The van der Waals surface area contributed by atoms with Gasteiger partial charge in [0.2, 0.25) is 5.28 Å². The van der Waals surface area contributed by atoms with Crippen molar-refractivity contribution >= 4 is 68.9 Å². The molecule has 4 rings (SSSR count). The summed E-state index contributed by atoms with van der Waals surface area (Å²) >= 11 is 14.1. The molecule has 52 heavy (non-hydrogen) atoms. The number of fused-ring (bicyclic) bond motifs is 1. The van der Waals surface area contributed by atoms with Crippen LogP contribution in [0.5, 0.6) is 0 Å². The first-order valence-electron chi connectivity index (χ1n) is 16.4. The summed E-state index contributed by atoms with van der Waals surface area (Å²) in [5.74, 6) is 1.72. The molecule has 1 aliphatic heterocycles. The Bertz CT molecular complexity index is 1690. The van der Waals surface area contributed by atoms with Crippen LogP contribution in [0.2, 0.25) is 10.3 Å². The molecule has 1 aliphatic rings. The van der Waals surface area contributed by atoms with Crippen molar-refractivity contribution in [2.24, 2.45) is 0 Å². The van der Waals surface area contributed by atoms with Gasteiger partial charge in [-0.05, 0) is 23.2 Å². The third kappa shape index (κ3) is 12.3. The number of benzene rings is 1. The molecule has 15 nitrogen and oxygen atoms in total. The van der Waals surface area contributed by atoms with E-state index in [1.54, 1.807) is 12.3 Å². The van der Waals surface area contributed by atoms with Crippen molar-refractivity contribution in [3.8, 4) is 12.3 Å². The van der Waals surface area contributed by atoms with Crippen LogP contribution in [-0.4, -0.2) is 120 Å². The number of ether oxygens (including phenoxy) is 7. The van der Waals surface area contributed by atoms with E-state index in [-0.39, 0.29) is 28.4 Å². The number of nitrogens with zero attached hydrogens (tertiary/aromatic N) is 5. The Morgan fingerprint density at radius 3 is 2.19 bits per heavy atom. The summed E-state index contributed by atoms with van der Waals surface area (Å²) in [5.41, 5.74) is 1.10. The van der Waals surface area contributed by atoms with Gasteiger partial charge in [-0.25, -0.2) is 4.68 Å². The predicted octanol–water partition coefficient (Wildman–Crippen LogP) is 3.88. The maximum Gasteiger partial charge on any atom is 0.303 e. The zero-order valence-electron chi connectivity index (χ0n) is 29.0. The van der Waals surface area contributed by atoms with Crippen molar-refractivity contribution in [1.82, 2.24) is 19.7 Å². The number of halogens is 2. The van der Waals surface area contributed by atoms with E-state index in [4.69, 9.17) is 62.8 Å². The number of carbonyl (C=O) groups excluding carboxylic acids is 3. The van der Waals surface area contributed by atoms with E-state index in [9.17, 15) is 14.4 Å². The molecule has 0 unspecified atom stereocenters. The molecule has 0 saturated carbocycles. The number of anilines is 1. The minimum absolute atomic E-state index is 0.0881. The highest BCUT2D eigenvalue weighted by atomic mass is 35.5. The molecule has 282 valence electrons. The summed E-state index contributed by atoms with van der Waals surface area (Å²) in [7, 11) is 0. The molecule has 2 aromatic heterocycles. The maximum absolute atomic E-state index is 12.2. The number of thioether (sulfide) groups is 1. The number of aromatic nitrogens is 4. The van der Waals surface area contributed by atoms with Crippen LogP contribution in [0.1, 0.15) is 32.6 Å². The van der Waals surface area contributed by atoms with Crippen molar-refractivity contribution in [3.05, 3.63) is 46.3 Å². The van der Waals surface area contributed by atoms with Crippen LogP contribution in [0.3, 0.4) is 0 Å². The second kappa shape index (κ2) is 21.2. The fourth-order valence-corrected chi connectivity index (χ4v) is 6.28. The SMILES string of the molecule is C#CCOCCOCCOCCOCCN(Cc1ccccc1Cl)c1nc(Cl)nc2c1cnn2[C@@H]1O[C@H](CSC(C)=O)[C@@H](OC(C)=O)[C@H]1OC(C)=O. The van der Waals surface area contributed by atoms with Crippen molar-refractivity contribution in [1.29, 1.82) is 0 Å². The van der Waals surface area contributed by atoms with Gasteiger partial charge in [-0.3, -0.25) is 14.4 Å². The predicted molar refractivity (Wildman–Crippen MR) is 193 cm³/mol. The number of hydrogen-bond acceptors (Lipinski definition) is 15. The average Bonchev–Trinajstić information content (AvgIpc) is 3.65. The number of hydrogen-bond donors (Lipinski definition) is 0. The first kappa shape index (κ1) is 41.2. The molecule has 3 aromatic rings. The Labute approximate surface area is 315 Å². The van der Waals surface area contributed by atoms with Crippen LogP contribution in [0.25, 0.3) is 11.0 Å². The second-order valence-electron chi connectivity index (χ2n) is 11.3. The molecule has 0 spiro atoms. The van der Waals surface area contributed by atoms with Gasteiger partial charge < -0.3 is 38.1 Å². The number of carbonyl (C=O) groups is 3. The van der Waals surface area contributed by atoms with Crippen molar-refractivity contribution in [2.45, 2.75) is 51.9 Å². The van der Waals surface area contributed by atoms with Crippen molar-refractivity contribution in [3.63, 3.8) is 0 Å². The van der Waals surface area contributed by atoms with Crippen LogP contribution >= 0.6 is 35.0 Å². The molecular weight excluding hydrogens is 741 g/mol. The number of terminal acetylenes is 1. The summed E-state index contributed by atoms with van der Waals surface area (Å²) in [6.45, 7) is 7.51. The lowest BCUT2D eigenvalue weighted by Crippen LogP contribution is -2.40. The summed E-state index contributed by atoms with van der Waals surface area (Å²) in [6, 6.07) is 7.42. The average molecular weight is 783 g/mol. The maximum atomic E-state index is 12.2. The number of rotatable bonds is 21. The van der Waals surface area contributed by atoms with Crippen molar-refractivity contribution < 1.29 is 47.5 Å². The van der Waals surface area contributed by atoms with E-state index in [0.29, 0.717) is 75.6 Å². The van der Waals surface area contributed by atoms with Crippen LogP contribution in [0.4, 0.5) is 5.82 Å². The van der Waals surface area contributed by atoms with Gasteiger partial charge in [-0.15, -0.1) is 6.42 Å². The molecule has 1 aromatic carbocycles. The molecule has 0 aliphatic carbocycles. The highest BCUT2D eigenvalue weighted by Gasteiger charge is 2.51. The van der Waals surface area contributed by atoms with Crippen molar-refractivity contribution in [2.75, 3.05) is 70.1 Å².